The SMILES string of the molecule is CC1CN(c2nc(CNC3CC3)co2)CC(C)S1. The Morgan fingerprint density at radius 2 is 2.11 bits per heavy atom. The maximum absolute atomic E-state index is 5.62. The molecule has 1 aromatic rings. The number of anilines is 1. The molecule has 0 aromatic carbocycles. The summed E-state index contributed by atoms with van der Waals surface area (Å²) in [6.45, 7) is 7.44. The Hall–Kier alpha value is -0.680. The van der Waals surface area contributed by atoms with Gasteiger partial charge in [0.05, 0.1) is 5.69 Å². The molecule has 1 N–H and O–H groups in total. The lowest BCUT2D eigenvalue weighted by Crippen LogP contribution is -2.40. The summed E-state index contributed by atoms with van der Waals surface area (Å²) in [6.07, 6.45) is 4.41. The van der Waals surface area contributed by atoms with Crippen LogP contribution >= 0.6 is 11.8 Å². The molecule has 1 aromatic heterocycles. The van der Waals surface area contributed by atoms with E-state index < -0.39 is 0 Å². The molecule has 18 heavy (non-hydrogen) atoms. The molecule has 2 atom stereocenters. The Morgan fingerprint density at radius 1 is 1.39 bits per heavy atom. The molecule has 2 fully saturated rings. The van der Waals surface area contributed by atoms with Crippen LogP contribution in [0.1, 0.15) is 32.4 Å². The average molecular weight is 267 g/mol. The first-order chi connectivity index (χ1) is 8.70. The van der Waals surface area contributed by atoms with Gasteiger partial charge in [-0.05, 0) is 12.8 Å². The number of oxazole rings is 1. The normalized spacial score (nSPS) is 28.7. The molecular formula is C13H21N3OS. The summed E-state index contributed by atoms with van der Waals surface area (Å²) in [5.74, 6) is 0. The lowest BCUT2D eigenvalue weighted by molar-refractivity contribution is 0.525. The first-order valence-corrected chi connectivity index (χ1v) is 7.73. The molecule has 0 spiro atoms. The van der Waals surface area contributed by atoms with Crippen LogP contribution in [0.5, 0.6) is 0 Å². The molecule has 2 unspecified atom stereocenters. The van der Waals surface area contributed by atoms with E-state index in [1.54, 1.807) is 6.26 Å². The summed E-state index contributed by atoms with van der Waals surface area (Å²) in [6, 6.07) is 1.51. The van der Waals surface area contributed by atoms with Gasteiger partial charge in [-0.25, -0.2) is 0 Å². The van der Waals surface area contributed by atoms with Crippen molar-refractivity contribution < 1.29 is 4.42 Å². The minimum absolute atomic E-state index is 0.647. The van der Waals surface area contributed by atoms with Crippen molar-refractivity contribution in [1.29, 1.82) is 0 Å². The van der Waals surface area contributed by atoms with Gasteiger partial charge in [0.2, 0.25) is 0 Å². The Labute approximate surface area is 113 Å². The molecule has 5 heteroatoms. The first kappa shape index (κ1) is 12.4. The molecule has 1 saturated carbocycles. The van der Waals surface area contributed by atoms with Gasteiger partial charge in [0, 0.05) is 36.2 Å². The highest BCUT2D eigenvalue weighted by Crippen LogP contribution is 2.28. The van der Waals surface area contributed by atoms with Crippen LogP contribution in [-0.2, 0) is 6.54 Å². The number of thioether (sulfide) groups is 1. The smallest absolute Gasteiger partial charge is 0.297 e. The van der Waals surface area contributed by atoms with Gasteiger partial charge < -0.3 is 14.6 Å². The highest BCUT2D eigenvalue weighted by molar-refractivity contribution is 8.00. The summed E-state index contributed by atoms with van der Waals surface area (Å²) in [5, 5.41) is 4.76. The number of nitrogens with one attached hydrogen (secondary N) is 1. The number of hydrogen-bond donors (Lipinski definition) is 1. The van der Waals surface area contributed by atoms with Gasteiger partial charge in [-0.1, -0.05) is 13.8 Å². The summed E-state index contributed by atoms with van der Waals surface area (Å²) in [5.41, 5.74) is 1.02. The standard InChI is InChI=1S/C13H21N3OS/c1-9-6-16(7-10(2)18-9)13-15-12(8-17-13)5-14-11-3-4-11/h8-11,14H,3-7H2,1-2H3. The number of aromatic nitrogens is 1. The van der Waals surface area contributed by atoms with E-state index >= 15 is 0 Å². The summed E-state index contributed by atoms with van der Waals surface area (Å²) >= 11 is 2.05. The molecule has 1 saturated heterocycles. The van der Waals surface area contributed by atoms with E-state index in [1.165, 1.54) is 12.8 Å². The Balaban J connectivity index is 1.60. The van der Waals surface area contributed by atoms with Crippen LogP contribution in [0.3, 0.4) is 0 Å². The highest BCUT2D eigenvalue weighted by atomic mass is 32.2. The van der Waals surface area contributed by atoms with Crippen LogP contribution in [0.15, 0.2) is 10.7 Å². The number of rotatable bonds is 4. The second kappa shape index (κ2) is 5.13. The molecule has 1 aliphatic heterocycles. The molecule has 0 radical (unpaired) electrons. The van der Waals surface area contributed by atoms with E-state index in [0.29, 0.717) is 10.5 Å². The van der Waals surface area contributed by atoms with E-state index in [1.807, 2.05) is 11.8 Å². The number of hydrogen-bond acceptors (Lipinski definition) is 5. The minimum Gasteiger partial charge on any atom is -0.432 e. The topological polar surface area (TPSA) is 41.3 Å². The monoisotopic (exact) mass is 267 g/mol. The molecule has 0 amide bonds. The molecule has 4 nitrogen and oxygen atoms in total. The maximum Gasteiger partial charge on any atom is 0.297 e. The van der Waals surface area contributed by atoms with E-state index in [9.17, 15) is 0 Å². The zero-order valence-electron chi connectivity index (χ0n) is 11.1. The van der Waals surface area contributed by atoms with Gasteiger partial charge >= 0.3 is 0 Å². The maximum atomic E-state index is 5.62. The third-order valence-electron chi connectivity index (χ3n) is 3.38. The number of nitrogens with zero attached hydrogens (tertiary/aromatic N) is 2. The van der Waals surface area contributed by atoms with Crippen molar-refractivity contribution in [3.8, 4) is 0 Å². The van der Waals surface area contributed by atoms with Gasteiger partial charge in [-0.3, -0.25) is 0 Å². The lowest BCUT2D eigenvalue weighted by atomic mass is 10.3. The highest BCUT2D eigenvalue weighted by Gasteiger charge is 2.26. The zero-order valence-corrected chi connectivity index (χ0v) is 11.9. The fraction of sp³-hybridized carbons (Fsp3) is 0.769. The molecule has 0 bridgehead atoms. The third-order valence-corrected chi connectivity index (χ3v) is 4.61. The van der Waals surface area contributed by atoms with E-state index in [-0.39, 0.29) is 0 Å². The van der Waals surface area contributed by atoms with Crippen LogP contribution in [0, 0.1) is 0 Å². The predicted octanol–water partition coefficient (Wildman–Crippen LogP) is 2.26. The van der Waals surface area contributed by atoms with Crippen LogP contribution < -0.4 is 10.2 Å². The van der Waals surface area contributed by atoms with Crippen molar-refractivity contribution in [1.82, 2.24) is 10.3 Å². The summed E-state index contributed by atoms with van der Waals surface area (Å²) in [7, 11) is 0. The van der Waals surface area contributed by atoms with Crippen molar-refractivity contribution in [3.63, 3.8) is 0 Å². The van der Waals surface area contributed by atoms with Crippen LogP contribution in [-0.4, -0.2) is 34.6 Å². The molecule has 100 valence electrons. The van der Waals surface area contributed by atoms with Crippen LogP contribution in [0.25, 0.3) is 0 Å². The van der Waals surface area contributed by atoms with Crippen LogP contribution in [0.4, 0.5) is 6.01 Å². The molecule has 2 aliphatic rings. The van der Waals surface area contributed by atoms with Crippen molar-refractivity contribution in [3.05, 3.63) is 12.0 Å². The second-order valence-corrected chi connectivity index (χ2v) is 7.32. The van der Waals surface area contributed by atoms with Gasteiger partial charge in [0.25, 0.3) is 6.01 Å². The zero-order chi connectivity index (χ0) is 12.5. The Morgan fingerprint density at radius 3 is 2.78 bits per heavy atom. The predicted molar refractivity (Wildman–Crippen MR) is 75.1 cm³/mol. The quantitative estimate of drug-likeness (QED) is 0.906. The van der Waals surface area contributed by atoms with Crippen molar-refractivity contribution in [2.24, 2.45) is 0 Å². The fourth-order valence-electron chi connectivity index (χ4n) is 2.39. The van der Waals surface area contributed by atoms with Crippen molar-refractivity contribution >= 4 is 17.8 Å². The largest absolute Gasteiger partial charge is 0.432 e. The fourth-order valence-corrected chi connectivity index (χ4v) is 3.72. The van der Waals surface area contributed by atoms with Gasteiger partial charge in [0.15, 0.2) is 0 Å². The Kier molecular flexibility index (Phi) is 3.52. The first-order valence-electron chi connectivity index (χ1n) is 6.79. The van der Waals surface area contributed by atoms with Crippen LogP contribution in [0.2, 0.25) is 0 Å². The van der Waals surface area contributed by atoms with Gasteiger partial charge in [-0.2, -0.15) is 16.7 Å². The molecule has 2 heterocycles. The van der Waals surface area contributed by atoms with E-state index in [0.717, 1.165) is 37.4 Å². The lowest BCUT2D eigenvalue weighted by Gasteiger charge is -2.33. The van der Waals surface area contributed by atoms with E-state index in [4.69, 9.17) is 4.42 Å². The van der Waals surface area contributed by atoms with E-state index in [2.05, 4.69) is 29.0 Å². The second-order valence-electron chi connectivity index (χ2n) is 5.44. The molecule has 3 rings (SSSR count). The van der Waals surface area contributed by atoms with Crippen molar-refractivity contribution in [2.45, 2.75) is 49.8 Å². The summed E-state index contributed by atoms with van der Waals surface area (Å²) in [4.78, 5) is 6.86. The molecular weight excluding hydrogens is 246 g/mol. The third kappa shape index (κ3) is 3.01. The van der Waals surface area contributed by atoms with Gasteiger partial charge in [0.1, 0.15) is 6.26 Å². The van der Waals surface area contributed by atoms with Crippen molar-refractivity contribution in [2.75, 3.05) is 18.0 Å². The summed E-state index contributed by atoms with van der Waals surface area (Å²) < 4.78 is 5.62. The average Bonchev–Trinajstić information content (AvgIpc) is 3.02. The minimum atomic E-state index is 0.647. The molecule has 1 aliphatic carbocycles. The van der Waals surface area contributed by atoms with Gasteiger partial charge in [-0.15, -0.1) is 0 Å². The Bertz CT molecular complexity index is 395.